The number of rotatable bonds is 3. The molecule has 0 radical (unpaired) electrons. The molecule has 1 N–H and O–H groups in total. The fourth-order valence-electron chi connectivity index (χ4n) is 5.06. The standard InChI is InChI=1S/C21H28N2O/c1-16(24)22-15-21(12-6-2-7-13-21)20-17-9-3-4-10-18(17)23-14-8-5-11-19(20)23/h3-4,9-10H,2,5-8,11-15H2,1H3,(H,22,24). The van der Waals surface area contributed by atoms with Crippen molar-refractivity contribution in [1.82, 2.24) is 9.88 Å². The molecular weight excluding hydrogens is 296 g/mol. The normalized spacial score (nSPS) is 19.9. The second-order valence-corrected chi connectivity index (χ2v) is 7.70. The van der Waals surface area contributed by atoms with Gasteiger partial charge in [-0.25, -0.2) is 0 Å². The van der Waals surface area contributed by atoms with E-state index in [9.17, 15) is 4.79 Å². The molecule has 3 nitrogen and oxygen atoms in total. The summed E-state index contributed by atoms with van der Waals surface area (Å²) in [5.41, 5.74) is 4.64. The van der Waals surface area contributed by atoms with Crippen LogP contribution in [0.2, 0.25) is 0 Å². The Labute approximate surface area is 144 Å². The van der Waals surface area contributed by atoms with Crippen LogP contribution >= 0.6 is 0 Å². The van der Waals surface area contributed by atoms with Crippen LogP contribution < -0.4 is 5.32 Å². The third kappa shape index (κ3) is 2.54. The van der Waals surface area contributed by atoms with Crippen molar-refractivity contribution in [1.29, 1.82) is 0 Å². The number of hydrogen-bond donors (Lipinski definition) is 1. The monoisotopic (exact) mass is 324 g/mol. The van der Waals surface area contributed by atoms with Crippen LogP contribution in [0.15, 0.2) is 24.3 Å². The number of aromatic nitrogens is 1. The van der Waals surface area contributed by atoms with Gasteiger partial charge in [0.2, 0.25) is 5.91 Å². The largest absolute Gasteiger partial charge is 0.355 e. The van der Waals surface area contributed by atoms with Crippen molar-refractivity contribution >= 4 is 16.8 Å². The maximum absolute atomic E-state index is 11.6. The summed E-state index contributed by atoms with van der Waals surface area (Å²) < 4.78 is 2.57. The lowest BCUT2D eigenvalue weighted by molar-refractivity contribution is -0.119. The Kier molecular flexibility index (Phi) is 4.11. The number of amides is 1. The van der Waals surface area contributed by atoms with Crippen molar-refractivity contribution in [3.05, 3.63) is 35.5 Å². The Hall–Kier alpha value is -1.77. The minimum absolute atomic E-state index is 0.0948. The van der Waals surface area contributed by atoms with Crippen LogP contribution in [0.1, 0.15) is 63.1 Å². The number of carbonyl (C=O) groups excluding carboxylic acids is 1. The molecule has 2 heterocycles. The van der Waals surface area contributed by atoms with E-state index >= 15 is 0 Å². The van der Waals surface area contributed by atoms with Gasteiger partial charge in [0.25, 0.3) is 0 Å². The van der Waals surface area contributed by atoms with Crippen molar-refractivity contribution in [2.45, 2.75) is 70.3 Å². The molecule has 128 valence electrons. The van der Waals surface area contributed by atoms with Gasteiger partial charge >= 0.3 is 0 Å². The first-order valence-corrected chi connectivity index (χ1v) is 9.56. The van der Waals surface area contributed by atoms with Gasteiger partial charge in [-0.3, -0.25) is 4.79 Å². The predicted molar refractivity (Wildman–Crippen MR) is 98.3 cm³/mol. The van der Waals surface area contributed by atoms with Gasteiger partial charge in [-0.15, -0.1) is 0 Å². The highest BCUT2D eigenvalue weighted by Crippen LogP contribution is 2.46. The number of fused-ring (bicyclic) bond motifs is 3. The molecule has 1 aliphatic heterocycles. The van der Waals surface area contributed by atoms with Gasteiger partial charge in [0, 0.05) is 42.0 Å². The Morgan fingerprint density at radius 1 is 1.12 bits per heavy atom. The van der Waals surface area contributed by atoms with Gasteiger partial charge in [-0.2, -0.15) is 0 Å². The lowest BCUT2D eigenvalue weighted by Crippen LogP contribution is -2.42. The summed E-state index contributed by atoms with van der Waals surface area (Å²) in [6.07, 6.45) is 10.0. The molecule has 2 aromatic rings. The minimum atomic E-state index is 0.0948. The summed E-state index contributed by atoms with van der Waals surface area (Å²) in [6, 6.07) is 8.92. The zero-order chi connectivity index (χ0) is 16.6. The van der Waals surface area contributed by atoms with Crippen molar-refractivity contribution in [3.63, 3.8) is 0 Å². The molecule has 0 atom stereocenters. The Balaban J connectivity index is 1.90. The summed E-state index contributed by atoms with van der Waals surface area (Å²) in [5.74, 6) is 0.0948. The molecule has 1 amide bonds. The molecule has 0 saturated heterocycles. The van der Waals surface area contributed by atoms with E-state index in [2.05, 4.69) is 34.1 Å². The van der Waals surface area contributed by atoms with E-state index < -0.39 is 0 Å². The molecule has 1 aromatic heterocycles. The summed E-state index contributed by atoms with van der Waals surface area (Å²) in [5, 5.41) is 4.60. The highest BCUT2D eigenvalue weighted by molar-refractivity contribution is 5.87. The first kappa shape index (κ1) is 15.7. The van der Waals surface area contributed by atoms with Gasteiger partial charge in [0.05, 0.1) is 0 Å². The van der Waals surface area contributed by atoms with Crippen LogP contribution in [0.3, 0.4) is 0 Å². The molecular formula is C21H28N2O. The number of nitrogens with one attached hydrogen (secondary N) is 1. The van der Waals surface area contributed by atoms with Crippen molar-refractivity contribution in [2.24, 2.45) is 0 Å². The van der Waals surface area contributed by atoms with E-state index in [0.717, 1.165) is 13.1 Å². The maximum Gasteiger partial charge on any atom is 0.216 e. The van der Waals surface area contributed by atoms with Crippen LogP contribution in [-0.4, -0.2) is 17.0 Å². The third-order valence-electron chi connectivity index (χ3n) is 6.14. The van der Waals surface area contributed by atoms with Crippen LogP contribution in [0, 0.1) is 0 Å². The van der Waals surface area contributed by atoms with Crippen LogP contribution in [0.25, 0.3) is 10.9 Å². The molecule has 1 aliphatic carbocycles. The highest BCUT2D eigenvalue weighted by atomic mass is 16.1. The Morgan fingerprint density at radius 3 is 2.71 bits per heavy atom. The SMILES string of the molecule is CC(=O)NCC1(c2c3n(c4ccccc24)CCCC3)CCCCC1. The van der Waals surface area contributed by atoms with E-state index in [1.165, 1.54) is 62.3 Å². The molecule has 1 aromatic carbocycles. The zero-order valence-corrected chi connectivity index (χ0v) is 14.7. The average molecular weight is 324 g/mol. The van der Waals surface area contributed by atoms with Gasteiger partial charge in [-0.1, -0.05) is 37.5 Å². The first-order valence-electron chi connectivity index (χ1n) is 9.56. The predicted octanol–water partition coefficient (Wildman–Crippen LogP) is 4.32. The number of para-hydroxylation sites is 1. The summed E-state index contributed by atoms with van der Waals surface area (Å²) >= 11 is 0. The minimum Gasteiger partial charge on any atom is -0.355 e. The van der Waals surface area contributed by atoms with Gasteiger partial charge in [0.1, 0.15) is 0 Å². The number of aryl methyl sites for hydroxylation is 1. The number of benzene rings is 1. The number of carbonyl (C=O) groups is 1. The average Bonchev–Trinajstić information content (AvgIpc) is 2.96. The van der Waals surface area contributed by atoms with Gasteiger partial charge in [-0.05, 0) is 43.7 Å². The topological polar surface area (TPSA) is 34.0 Å². The Bertz CT molecular complexity index is 753. The van der Waals surface area contributed by atoms with E-state index in [1.54, 1.807) is 18.2 Å². The van der Waals surface area contributed by atoms with Gasteiger partial charge < -0.3 is 9.88 Å². The second kappa shape index (κ2) is 6.27. The van der Waals surface area contributed by atoms with E-state index in [-0.39, 0.29) is 11.3 Å². The molecule has 0 bridgehead atoms. The zero-order valence-electron chi connectivity index (χ0n) is 14.7. The first-order chi connectivity index (χ1) is 11.7. The van der Waals surface area contributed by atoms with E-state index in [1.807, 2.05) is 0 Å². The van der Waals surface area contributed by atoms with Crippen molar-refractivity contribution < 1.29 is 4.79 Å². The molecule has 2 aliphatic rings. The van der Waals surface area contributed by atoms with Crippen molar-refractivity contribution in [2.75, 3.05) is 6.54 Å². The molecule has 1 fully saturated rings. The number of nitrogens with zero attached hydrogens (tertiary/aromatic N) is 1. The third-order valence-corrected chi connectivity index (χ3v) is 6.14. The molecule has 1 saturated carbocycles. The lowest BCUT2D eigenvalue weighted by Gasteiger charge is -2.39. The summed E-state index contributed by atoms with van der Waals surface area (Å²) in [6.45, 7) is 3.58. The fourth-order valence-corrected chi connectivity index (χ4v) is 5.06. The van der Waals surface area contributed by atoms with E-state index in [0.29, 0.717) is 0 Å². The highest BCUT2D eigenvalue weighted by Gasteiger charge is 2.39. The number of hydrogen-bond acceptors (Lipinski definition) is 1. The molecule has 0 unspecified atom stereocenters. The Morgan fingerprint density at radius 2 is 1.92 bits per heavy atom. The summed E-state index contributed by atoms with van der Waals surface area (Å²) in [7, 11) is 0. The summed E-state index contributed by atoms with van der Waals surface area (Å²) in [4.78, 5) is 11.6. The second-order valence-electron chi connectivity index (χ2n) is 7.70. The molecule has 24 heavy (non-hydrogen) atoms. The lowest BCUT2D eigenvalue weighted by atomic mass is 9.68. The van der Waals surface area contributed by atoms with E-state index in [4.69, 9.17) is 0 Å². The van der Waals surface area contributed by atoms with Gasteiger partial charge in [0.15, 0.2) is 0 Å². The quantitative estimate of drug-likeness (QED) is 0.896. The fraction of sp³-hybridized carbons (Fsp3) is 0.571. The van der Waals surface area contributed by atoms with Crippen LogP contribution in [0.4, 0.5) is 0 Å². The van der Waals surface area contributed by atoms with Crippen molar-refractivity contribution in [3.8, 4) is 0 Å². The molecule has 3 heteroatoms. The smallest absolute Gasteiger partial charge is 0.216 e. The maximum atomic E-state index is 11.6. The van der Waals surface area contributed by atoms with Crippen LogP contribution in [-0.2, 0) is 23.2 Å². The molecule has 0 spiro atoms. The van der Waals surface area contributed by atoms with Crippen LogP contribution in [0.5, 0.6) is 0 Å². The molecule has 4 rings (SSSR count).